The summed E-state index contributed by atoms with van der Waals surface area (Å²) >= 11 is 0. The van der Waals surface area contributed by atoms with Gasteiger partial charge in [-0.25, -0.2) is 0 Å². The van der Waals surface area contributed by atoms with E-state index in [2.05, 4.69) is 0 Å². The zero-order chi connectivity index (χ0) is 22.2. The smallest absolute Gasteiger partial charge is 0.254 e. The third-order valence-corrected chi connectivity index (χ3v) is 5.01. The van der Waals surface area contributed by atoms with E-state index in [1.165, 1.54) is 16.8 Å². The number of likely N-dealkylation sites (N-methyl/N-ethyl adjacent to an activating group) is 1. The predicted molar refractivity (Wildman–Crippen MR) is 121 cm³/mol. The maximum atomic E-state index is 13.8. The van der Waals surface area contributed by atoms with Crippen molar-refractivity contribution in [2.24, 2.45) is 0 Å². The molecule has 0 aliphatic heterocycles. The van der Waals surface area contributed by atoms with E-state index in [0.29, 0.717) is 25.2 Å². The molecule has 31 heavy (non-hydrogen) atoms. The zero-order valence-corrected chi connectivity index (χ0v) is 17.8. The van der Waals surface area contributed by atoms with Crippen molar-refractivity contribution in [1.82, 2.24) is 14.4 Å². The van der Waals surface area contributed by atoms with E-state index in [1.807, 2.05) is 49.3 Å². The highest BCUT2D eigenvalue weighted by atomic mass is 16.2. The van der Waals surface area contributed by atoms with Crippen molar-refractivity contribution >= 4 is 11.7 Å². The van der Waals surface area contributed by atoms with Gasteiger partial charge in [0, 0.05) is 37.5 Å². The summed E-state index contributed by atoms with van der Waals surface area (Å²) in [5.41, 5.74) is 0.960. The average molecular weight is 418 g/mol. The van der Waals surface area contributed by atoms with Gasteiger partial charge in [-0.2, -0.15) is 0 Å². The number of benzene rings is 2. The number of hydrogen-bond acceptors (Lipinski definition) is 4. The van der Waals surface area contributed by atoms with Crippen LogP contribution in [0.3, 0.4) is 0 Å². The molecule has 0 spiro atoms. The Kier molecular flexibility index (Phi) is 7.51. The van der Waals surface area contributed by atoms with Gasteiger partial charge >= 0.3 is 0 Å². The van der Waals surface area contributed by atoms with Crippen LogP contribution in [-0.2, 0) is 11.3 Å². The fourth-order valence-corrected chi connectivity index (χ4v) is 3.34. The monoisotopic (exact) mass is 417 g/mol. The molecule has 0 N–H and O–H groups in total. The fraction of sp³-hybridized carbons (Fsp3) is 0.240. The lowest BCUT2D eigenvalue weighted by molar-refractivity contribution is -0.134. The summed E-state index contributed by atoms with van der Waals surface area (Å²) in [5.74, 6) is -0.797. The van der Waals surface area contributed by atoms with E-state index in [1.54, 1.807) is 47.4 Å². The van der Waals surface area contributed by atoms with Crippen LogP contribution in [0.1, 0.15) is 22.0 Å². The molecule has 6 nitrogen and oxygen atoms in total. The van der Waals surface area contributed by atoms with E-state index in [-0.39, 0.29) is 0 Å². The number of carbonyl (C=O) groups is 2. The number of carbonyl (C=O) groups excluding carboxylic acids is 2. The molecule has 0 saturated carbocycles. The number of aromatic nitrogens is 1. The summed E-state index contributed by atoms with van der Waals surface area (Å²) in [4.78, 5) is 43.4. The molecule has 6 heteroatoms. The Morgan fingerprint density at radius 3 is 2.06 bits per heavy atom. The molecule has 1 heterocycles. The summed E-state index contributed by atoms with van der Waals surface area (Å²) in [6.45, 7) is 1.42. The van der Waals surface area contributed by atoms with Gasteiger partial charge in [0.15, 0.2) is 11.8 Å². The minimum absolute atomic E-state index is 0.355. The third kappa shape index (κ3) is 5.77. The van der Waals surface area contributed by atoms with Crippen LogP contribution < -0.4 is 5.56 Å². The van der Waals surface area contributed by atoms with E-state index < -0.39 is 23.3 Å². The zero-order valence-electron chi connectivity index (χ0n) is 17.8. The molecular formula is C25H27N3O3. The molecule has 0 unspecified atom stereocenters. The summed E-state index contributed by atoms with van der Waals surface area (Å²) in [7, 11) is 3.86. The van der Waals surface area contributed by atoms with Gasteiger partial charge in [0.2, 0.25) is 0 Å². The second-order valence-electron chi connectivity index (χ2n) is 7.63. The van der Waals surface area contributed by atoms with Gasteiger partial charge < -0.3 is 9.80 Å². The van der Waals surface area contributed by atoms with Crippen LogP contribution in [0, 0.1) is 0 Å². The molecule has 1 atom stereocenters. The highest BCUT2D eigenvalue weighted by molar-refractivity contribution is 6.11. The van der Waals surface area contributed by atoms with Crippen molar-refractivity contribution in [2.75, 3.05) is 27.2 Å². The second kappa shape index (κ2) is 10.5. The molecule has 160 valence electrons. The topological polar surface area (TPSA) is 62.6 Å². The number of ketones is 1. The minimum Gasteiger partial charge on any atom is -0.335 e. The van der Waals surface area contributed by atoms with Crippen molar-refractivity contribution in [3.63, 3.8) is 0 Å². The van der Waals surface area contributed by atoms with Crippen molar-refractivity contribution in [3.8, 4) is 0 Å². The van der Waals surface area contributed by atoms with Crippen LogP contribution in [0.2, 0.25) is 0 Å². The average Bonchev–Trinajstić information content (AvgIpc) is 2.79. The largest absolute Gasteiger partial charge is 0.335 e. The number of Topliss-reactive ketones (excluding diaryl/α,β-unsaturated/α-hetero) is 1. The lowest BCUT2D eigenvalue weighted by atomic mass is 10.0. The highest BCUT2D eigenvalue weighted by Crippen LogP contribution is 2.18. The summed E-state index contributed by atoms with van der Waals surface area (Å²) < 4.78 is 1.23. The summed E-state index contributed by atoms with van der Waals surface area (Å²) in [6, 6.07) is 21.6. The number of rotatable bonds is 9. The Morgan fingerprint density at radius 1 is 0.839 bits per heavy atom. The molecule has 0 aliphatic carbocycles. The normalized spacial score (nSPS) is 11.8. The van der Waals surface area contributed by atoms with Crippen molar-refractivity contribution < 1.29 is 9.59 Å². The molecule has 0 radical (unpaired) electrons. The maximum Gasteiger partial charge on any atom is 0.254 e. The van der Waals surface area contributed by atoms with Crippen molar-refractivity contribution in [2.45, 2.75) is 12.6 Å². The lowest BCUT2D eigenvalue weighted by Gasteiger charge is -2.29. The molecule has 3 rings (SSSR count). The SMILES string of the molecule is CN(C)CCN(Cc1ccccc1)C(=O)[C@H](C(=O)c1ccccc1)n1ccccc1=O. The van der Waals surface area contributed by atoms with Gasteiger partial charge in [-0.1, -0.05) is 66.7 Å². The van der Waals surface area contributed by atoms with Gasteiger partial charge in [-0.3, -0.25) is 19.0 Å². The maximum absolute atomic E-state index is 13.8. The van der Waals surface area contributed by atoms with Gasteiger partial charge in [0.25, 0.3) is 11.5 Å². The molecule has 0 saturated heterocycles. The molecule has 0 bridgehead atoms. The molecular weight excluding hydrogens is 390 g/mol. The summed E-state index contributed by atoms with van der Waals surface area (Å²) in [5, 5.41) is 0. The van der Waals surface area contributed by atoms with Crippen LogP contribution in [0.4, 0.5) is 0 Å². The second-order valence-corrected chi connectivity index (χ2v) is 7.63. The van der Waals surface area contributed by atoms with Crippen LogP contribution in [0.5, 0.6) is 0 Å². The van der Waals surface area contributed by atoms with Gasteiger partial charge in [-0.05, 0) is 25.7 Å². The molecule has 0 fully saturated rings. The van der Waals surface area contributed by atoms with E-state index in [9.17, 15) is 14.4 Å². The number of pyridine rings is 1. The Labute approximate surface area is 182 Å². The standard InChI is InChI=1S/C25H27N3O3/c1-26(2)17-18-27(19-20-11-5-3-6-12-20)25(31)23(28-16-10-9-15-22(28)29)24(30)21-13-7-4-8-14-21/h3-16,23H,17-19H2,1-2H3/t23-/m0/s1. The van der Waals surface area contributed by atoms with E-state index in [4.69, 9.17) is 0 Å². The Balaban J connectivity index is 2.01. The molecule has 0 aliphatic rings. The fourth-order valence-electron chi connectivity index (χ4n) is 3.34. The number of nitrogens with zero attached hydrogens (tertiary/aromatic N) is 3. The number of hydrogen-bond donors (Lipinski definition) is 0. The van der Waals surface area contributed by atoms with Crippen LogP contribution in [0.15, 0.2) is 89.9 Å². The Morgan fingerprint density at radius 2 is 1.45 bits per heavy atom. The first kappa shape index (κ1) is 22.2. The minimum atomic E-state index is -1.26. The van der Waals surface area contributed by atoms with Gasteiger partial charge in [-0.15, -0.1) is 0 Å². The van der Waals surface area contributed by atoms with E-state index in [0.717, 1.165) is 5.56 Å². The van der Waals surface area contributed by atoms with Gasteiger partial charge in [0.05, 0.1) is 0 Å². The molecule has 1 amide bonds. The number of amides is 1. The summed E-state index contributed by atoms with van der Waals surface area (Å²) in [6.07, 6.45) is 1.50. The Bertz CT molecular complexity index is 1060. The van der Waals surface area contributed by atoms with E-state index >= 15 is 0 Å². The first-order chi connectivity index (χ1) is 15.0. The lowest BCUT2D eigenvalue weighted by Crippen LogP contribution is -2.45. The first-order valence-corrected chi connectivity index (χ1v) is 10.2. The highest BCUT2D eigenvalue weighted by Gasteiger charge is 2.33. The molecule has 1 aromatic heterocycles. The first-order valence-electron chi connectivity index (χ1n) is 10.2. The molecule has 2 aromatic carbocycles. The van der Waals surface area contributed by atoms with Crippen LogP contribution in [-0.4, -0.2) is 53.2 Å². The molecule has 3 aromatic rings. The van der Waals surface area contributed by atoms with Crippen LogP contribution >= 0.6 is 0 Å². The van der Waals surface area contributed by atoms with Gasteiger partial charge in [0.1, 0.15) is 0 Å². The predicted octanol–water partition coefficient (Wildman–Crippen LogP) is 2.86. The Hall–Kier alpha value is -3.51. The van der Waals surface area contributed by atoms with Crippen LogP contribution in [0.25, 0.3) is 0 Å². The quantitative estimate of drug-likeness (QED) is 0.397. The third-order valence-electron chi connectivity index (χ3n) is 5.01. The van der Waals surface area contributed by atoms with Crippen molar-refractivity contribution in [3.05, 3.63) is 107 Å². The van der Waals surface area contributed by atoms with Crippen molar-refractivity contribution in [1.29, 1.82) is 0 Å².